The fourth-order valence-electron chi connectivity index (χ4n) is 3.56. The van der Waals surface area contributed by atoms with Crippen LogP contribution in [-0.2, 0) is 19.6 Å². The predicted octanol–water partition coefficient (Wildman–Crippen LogP) is 5.00. The molecule has 146 valence electrons. The summed E-state index contributed by atoms with van der Waals surface area (Å²) in [5, 5.41) is 0.927. The standard InChI is InChI=1S/C25H23NO3/c1-28-22-12-13-23-21(14-25(27)29-24(23)15-22)18-26(16-19-8-4-2-5-9-19)17-20-10-6-3-7-11-20/h2-15H,16-18H2,1H3. The fourth-order valence-corrected chi connectivity index (χ4v) is 3.56. The number of nitrogens with zero attached hydrogens (tertiary/aromatic N) is 1. The van der Waals surface area contributed by atoms with E-state index in [4.69, 9.17) is 9.15 Å². The lowest BCUT2D eigenvalue weighted by atomic mass is 10.1. The summed E-state index contributed by atoms with van der Waals surface area (Å²) in [6.07, 6.45) is 0. The maximum atomic E-state index is 12.2. The van der Waals surface area contributed by atoms with E-state index in [0.717, 1.165) is 24.0 Å². The molecule has 0 aliphatic rings. The van der Waals surface area contributed by atoms with E-state index in [2.05, 4.69) is 53.4 Å². The first-order chi connectivity index (χ1) is 14.2. The molecule has 3 aromatic carbocycles. The number of hydrogen-bond donors (Lipinski definition) is 0. The van der Waals surface area contributed by atoms with Crippen LogP contribution in [0.3, 0.4) is 0 Å². The number of fused-ring (bicyclic) bond motifs is 1. The second-order valence-corrected chi connectivity index (χ2v) is 7.07. The van der Waals surface area contributed by atoms with Crippen LogP contribution < -0.4 is 10.4 Å². The molecule has 4 rings (SSSR count). The molecule has 1 heterocycles. The van der Waals surface area contributed by atoms with Gasteiger partial charge in [0.05, 0.1) is 7.11 Å². The van der Waals surface area contributed by atoms with E-state index < -0.39 is 0 Å². The Kier molecular flexibility index (Phi) is 5.73. The van der Waals surface area contributed by atoms with Gasteiger partial charge in [0.1, 0.15) is 11.3 Å². The van der Waals surface area contributed by atoms with Crippen molar-refractivity contribution in [1.29, 1.82) is 0 Å². The van der Waals surface area contributed by atoms with Gasteiger partial charge in [-0.15, -0.1) is 0 Å². The van der Waals surface area contributed by atoms with Crippen molar-refractivity contribution < 1.29 is 9.15 Å². The number of hydrogen-bond acceptors (Lipinski definition) is 4. The second kappa shape index (κ2) is 8.76. The highest BCUT2D eigenvalue weighted by Crippen LogP contribution is 2.24. The monoisotopic (exact) mass is 385 g/mol. The first-order valence-corrected chi connectivity index (χ1v) is 9.62. The van der Waals surface area contributed by atoms with Gasteiger partial charge >= 0.3 is 5.63 Å². The van der Waals surface area contributed by atoms with E-state index in [1.807, 2.05) is 24.3 Å². The average molecular weight is 385 g/mol. The Hall–Kier alpha value is -3.37. The third kappa shape index (κ3) is 4.73. The van der Waals surface area contributed by atoms with Gasteiger partial charge in [-0.25, -0.2) is 4.79 Å². The maximum Gasteiger partial charge on any atom is 0.336 e. The van der Waals surface area contributed by atoms with Crippen LogP contribution in [0.2, 0.25) is 0 Å². The summed E-state index contributed by atoms with van der Waals surface area (Å²) in [5.41, 5.74) is 3.62. The Labute approximate surface area is 170 Å². The van der Waals surface area contributed by atoms with Crippen LogP contribution in [0, 0.1) is 0 Å². The van der Waals surface area contributed by atoms with Crippen molar-refractivity contribution in [3.05, 3.63) is 112 Å². The molecule has 0 spiro atoms. The first kappa shape index (κ1) is 19.0. The van der Waals surface area contributed by atoms with Gasteiger partial charge in [-0.2, -0.15) is 0 Å². The van der Waals surface area contributed by atoms with Crippen molar-refractivity contribution >= 4 is 11.0 Å². The zero-order chi connectivity index (χ0) is 20.1. The lowest BCUT2D eigenvalue weighted by Crippen LogP contribution is -2.23. The normalized spacial score (nSPS) is 11.1. The number of benzene rings is 3. The third-order valence-corrected chi connectivity index (χ3v) is 4.93. The Bertz CT molecular complexity index is 1100. The van der Waals surface area contributed by atoms with E-state index in [1.165, 1.54) is 11.1 Å². The molecule has 29 heavy (non-hydrogen) atoms. The molecule has 0 radical (unpaired) electrons. The average Bonchev–Trinajstić information content (AvgIpc) is 2.74. The van der Waals surface area contributed by atoms with Crippen molar-refractivity contribution in [1.82, 2.24) is 4.90 Å². The third-order valence-electron chi connectivity index (χ3n) is 4.93. The number of ether oxygens (including phenoxy) is 1. The molecule has 0 atom stereocenters. The number of methoxy groups -OCH3 is 1. The molecule has 4 heteroatoms. The highest BCUT2D eigenvalue weighted by molar-refractivity contribution is 5.81. The summed E-state index contributed by atoms with van der Waals surface area (Å²) in [7, 11) is 1.60. The van der Waals surface area contributed by atoms with Crippen molar-refractivity contribution in [2.45, 2.75) is 19.6 Å². The molecular formula is C25H23NO3. The Morgan fingerprint density at radius 3 is 2.00 bits per heavy atom. The van der Waals surface area contributed by atoms with Crippen LogP contribution in [-0.4, -0.2) is 12.0 Å². The van der Waals surface area contributed by atoms with Crippen LogP contribution in [0.25, 0.3) is 11.0 Å². The molecule has 0 saturated carbocycles. The summed E-state index contributed by atoms with van der Waals surface area (Å²) in [5.74, 6) is 0.670. The summed E-state index contributed by atoms with van der Waals surface area (Å²) < 4.78 is 10.7. The lowest BCUT2D eigenvalue weighted by Gasteiger charge is -2.23. The van der Waals surface area contributed by atoms with E-state index in [9.17, 15) is 4.79 Å². The molecule has 0 bridgehead atoms. The van der Waals surface area contributed by atoms with Crippen LogP contribution in [0.15, 0.2) is 94.1 Å². The zero-order valence-corrected chi connectivity index (χ0v) is 16.4. The van der Waals surface area contributed by atoms with Gasteiger partial charge in [0, 0.05) is 37.2 Å². The Morgan fingerprint density at radius 2 is 1.41 bits per heavy atom. The molecule has 0 fully saturated rings. The van der Waals surface area contributed by atoms with Crippen molar-refractivity contribution in [3.8, 4) is 5.75 Å². The van der Waals surface area contributed by atoms with Crippen LogP contribution in [0.1, 0.15) is 16.7 Å². The Morgan fingerprint density at radius 1 is 0.793 bits per heavy atom. The van der Waals surface area contributed by atoms with Crippen molar-refractivity contribution in [3.63, 3.8) is 0 Å². The van der Waals surface area contributed by atoms with Crippen LogP contribution in [0.5, 0.6) is 5.75 Å². The second-order valence-electron chi connectivity index (χ2n) is 7.07. The molecule has 0 amide bonds. The van der Waals surface area contributed by atoms with Crippen molar-refractivity contribution in [2.75, 3.05) is 7.11 Å². The summed E-state index contributed by atoms with van der Waals surface area (Å²) in [6.45, 7) is 2.21. The maximum absolute atomic E-state index is 12.2. The quantitative estimate of drug-likeness (QED) is 0.420. The molecule has 0 unspecified atom stereocenters. The SMILES string of the molecule is COc1ccc2c(CN(Cc3ccccc3)Cc3ccccc3)cc(=O)oc2c1. The molecule has 4 aromatic rings. The minimum Gasteiger partial charge on any atom is -0.497 e. The molecule has 1 aromatic heterocycles. The van der Waals surface area contributed by atoms with Gasteiger partial charge in [0.15, 0.2) is 0 Å². The van der Waals surface area contributed by atoms with Gasteiger partial charge in [-0.3, -0.25) is 4.90 Å². The van der Waals surface area contributed by atoms with Gasteiger partial charge in [-0.1, -0.05) is 60.7 Å². The van der Waals surface area contributed by atoms with Gasteiger partial charge in [0.2, 0.25) is 0 Å². The number of rotatable bonds is 7. The zero-order valence-electron chi connectivity index (χ0n) is 16.4. The largest absolute Gasteiger partial charge is 0.497 e. The van der Waals surface area contributed by atoms with Crippen LogP contribution in [0.4, 0.5) is 0 Å². The molecule has 0 aliphatic carbocycles. The molecule has 0 aliphatic heterocycles. The van der Waals surface area contributed by atoms with E-state index >= 15 is 0 Å². The highest BCUT2D eigenvalue weighted by atomic mass is 16.5. The van der Waals surface area contributed by atoms with Crippen LogP contribution >= 0.6 is 0 Å². The molecule has 4 nitrogen and oxygen atoms in total. The Balaban J connectivity index is 1.68. The molecule has 0 N–H and O–H groups in total. The summed E-state index contributed by atoms with van der Waals surface area (Å²) >= 11 is 0. The molecule has 0 saturated heterocycles. The van der Waals surface area contributed by atoms with E-state index in [-0.39, 0.29) is 5.63 Å². The minimum absolute atomic E-state index is 0.347. The van der Waals surface area contributed by atoms with Gasteiger partial charge < -0.3 is 9.15 Å². The summed E-state index contributed by atoms with van der Waals surface area (Å²) in [6, 6.07) is 28.0. The highest BCUT2D eigenvalue weighted by Gasteiger charge is 2.13. The minimum atomic E-state index is -0.347. The van der Waals surface area contributed by atoms with Gasteiger partial charge in [-0.05, 0) is 28.8 Å². The predicted molar refractivity (Wildman–Crippen MR) is 115 cm³/mol. The first-order valence-electron chi connectivity index (χ1n) is 9.62. The summed E-state index contributed by atoms with van der Waals surface area (Å²) in [4.78, 5) is 14.5. The lowest BCUT2D eigenvalue weighted by molar-refractivity contribution is 0.248. The van der Waals surface area contributed by atoms with Gasteiger partial charge in [0.25, 0.3) is 0 Å². The smallest absolute Gasteiger partial charge is 0.336 e. The van der Waals surface area contributed by atoms with Crippen molar-refractivity contribution in [2.24, 2.45) is 0 Å². The fraction of sp³-hybridized carbons (Fsp3) is 0.160. The van der Waals surface area contributed by atoms with E-state index in [1.54, 1.807) is 19.2 Å². The van der Waals surface area contributed by atoms with E-state index in [0.29, 0.717) is 17.9 Å². The molecular weight excluding hydrogens is 362 g/mol. The topological polar surface area (TPSA) is 42.7 Å².